The lowest BCUT2D eigenvalue weighted by atomic mass is 9.95. The molecule has 2 aliphatic carbocycles. The van der Waals surface area contributed by atoms with Crippen LogP contribution in [0, 0.1) is 18.4 Å². The van der Waals surface area contributed by atoms with Gasteiger partial charge in [0, 0.05) is 6.61 Å². The van der Waals surface area contributed by atoms with Gasteiger partial charge >= 0.3 is 0 Å². The van der Waals surface area contributed by atoms with E-state index in [1.54, 1.807) is 0 Å². The zero-order chi connectivity index (χ0) is 17.2. The fourth-order valence-electron chi connectivity index (χ4n) is 4.26. The van der Waals surface area contributed by atoms with Gasteiger partial charge in [0.15, 0.2) is 0 Å². The Labute approximate surface area is 154 Å². The highest BCUT2D eigenvalue weighted by molar-refractivity contribution is 5.20. The van der Waals surface area contributed by atoms with E-state index in [-0.39, 0.29) is 0 Å². The Bertz CT molecular complexity index is 450. The smallest absolute Gasteiger partial charge is 0.119 e. The molecule has 0 amide bonds. The molecule has 1 aromatic carbocycles. The lowest BCUT2D eigenvalue weighted by Gasteiger charge is -2.18. The van der Waals surface area contributed by atoms with Crippen molar-refractivity contribution >= 4 is 0 Å². The molecular weight excluding hydrogens is 308 g/mol. The molecule has 3 rings (SSSR count). The molecule has 2 fully saturated rings. The summed E-state index contributed by atoms with van der Waals surface area (Å²) >= 11 is 0. The van der Waals surface area contributed by atoms with Crippen molar-refractivity contribution in [3.05, 3.63) is 36.8 Å². The van der Waals surface area contributed by atoms with E-state index in [9.17, 15) is 0 Å². The van der Waals surface area contributed by atoms with Crippen molar-refractivity contribution in [2.75, 3.05) is 6.61 Å². The van der Waals surface area contributed by atoms with Crippen molar-refractivity contribution < 1.29 is 9.47 Å². The van der Waals surface area contributed by atoms with Gasteiger partial charge in [0.25, 0.3) is 0 Å². The number of hydrogen-bond donors (Lipinski definition) is 0. The van der Waals surface area contributed by atoms with Crippen LogP contribution in [0.5, 0.6) is 5.75 Å². The van der Waals surface area contributed by atoms with E-state index in [0.29, 0.717) is 12.2 Å². The van der Waals surface area contributed by atoms with E-state index in [4.69, 9.17) is 9.47 Å². The minimum Gasteiger partial charge on any atom is -0.490 e. The van der Waals surface area contributed by atoms with Gasteiger partial charge in [-0.25, -0.2) is 0 Å². The van der Waals surface area contributed by atoms with Gasteiger partial charge in [-0.05, 0) is 88.3 Å². The van der Waals surface area contributed by atoms with Crippen LogP contribution in [-0.4, -0.2) is 18.8 Å². The summed E-state index contributed by atoms with van der Waals surface area (Å²) in [5, 5.41) is 0. The SMILES string of the molecule is [c]1ccc(OC2CCCC(CCCOC3CC[CH]CCC3)CC2)cc1. The summed E-state index contributed by atoms with van der Waals surface area (Å²) in [6, 6.07) is 11.0. The van der Waals surface area contributed by atoms with E-state index in [2.05, 4.69) is 12.5 Å². The Hall–Kier alpha value is -1.02. The second kappa shape index (κ2) is 10.9. The summed E-state index contributed by atoms with van der Waals surface area (Å²) in [4.78, 5) is 0. The standard InChI is InChI=1S/C23H34O2/c1-2-5-13-21(12-4-1)24-19-9-11-20-10-8-16-23(18-17-20)25-22-14-6-3-7-15-22/h1,6-7,14-15,20-21,23H,2,4-5,8-13,16-19H2. The Morgan fingerprint density at radius 1 is 0.880 bits per heavy atom. The molecule has 138 valence electrons. The topological polar surface area (TPSA) is 18.5 Å². The predicted molar refractivity (Wildman–Crippen MR) is 103 cm³/mol. The lowest BCUT2D eigenvalue weighted by Crippen LogP contribution is -2.15. The molecule has 0 bridgehead atoms. The van der Waals surface area contributed by atoms with E-state index in [1.807, 2.05) is 24.3 Å². The Morgan fingerprint density at radius 3 is 2.68 bits per heavy atom. The van der Waals surface area contributed by atoms with E-state index in [0.717, 1.165) is 18.3 Å². The molecule has 25 heavy (non-hydrogen) atoms. The van der Waals surface area contributed by atoms with Crippen molar-refractivity contribution in [2.24, 2.45) is 5.92 Å². The largest absolute Gasteiger partial charge is 0.490 e. The minimum absolute atomic E-state index is 0.394. The first-order valence-corrected chi connectivity index (χ1v) is 10.5. The molecule has 3 atom stereocenters. The van der Waals surface area contributed by atoms with Gasteiger partial charge in [-0.15, -0.1) is 0 Å². The third-order valence-corrected chi connectivity index (χ3v) is 5.76. The monoisotopic (exact) mass is 342 g/mol. The second-order valence-electron chi connectivity index (χ2n) is 7.78. The third-order valence-electron chi connectivity index (χ3n) is 5.76. The number of rotatable bonds is 7. The average Bonchev–Trinajstić information content (AvgIpc) is 3.03. The molecule has 2 aliphatic rings. The molecule has 2 radical (unpaired) electrons. The summed E-state index contributed by atoms with van der Waals surface area (Å²) in [6.45, 7) is 0.960. The summed E-state index contributed by atoms with van der Waals surface area (Å²) < 4.78 is 12.3. The van der Waals surface area contributed by atoms with Gasteiger partial charge in [-0.3, -0.25) is 0 Å². The lowest BCUT2D eigenvalue weighted by molar-refractivity contribution is 0.0393. The zero-order valence-corrected chi connectivity index (χ0v) is 15.6. The van der Waals surface area contributed by atoms with Crippen LogP contribution in [0.3, 0.4) is 0 Å². The first kappa shape index (κ1) is 18.8. The third kappa shape index (κ3) is 7.01. The van der Waals surface area contributed by atoms with Gasteiger partial charge in [0.05, 0.1) is 12.2 Å². The minimum atomic E-state index is 0.394. The molecule has 0 spiro atoms. The van der Waals surface area contributed by atoms with Crippen LogP contribution in [0.25, 0.3) is 0 Å². The molecular formula is C23H34O2. The zero-order valence-electron chi connectivity index (χ0n) is 15.6. The van der Waals surface area contributed by atoms with Gasteiger partial charge in [0.1, 0.15) is 5.75 Å². The molecule has 1 aromatic rings. The first-order chi connectivity index (χ1) is 12.4. The highest BCUT2D eigenvalue weighted by atomic mass is 16.5. The van der Waals surface area contributed by atoms with Crippen LogP contribution < -0.4 is 4.74 Å². The fraction of sp³-hybridized carbons (Fsp3) is 0.696. The van der Waals surface area contributed by atoms with Crippen LogP contribution in [-0.2, 0) is 4.74 Å². The van der Waals surface area contributed by atoms with Crippen LogP contribution >= 0.6 is 0 Å². The highest BCUT2D eigenvalue weighted by Gasteiger charge is 2.20. The van der Waals surface area contributed by atoms with E-state index < -0.39 is 0 Å². The van der Waals surface area contributed by atoms with E-state index in [1.165, 1.54) is 77.0 Å². The summed E-state index contributed by atoms with van der Waals surface area (Å²) in [5.74, 6) is 1.86. The molecule has 3 unspecified atom stereocenters. The molecule has 0 heterocycles. The van der Waals surface area contributed by atoms with E-state index >= 15 is 0 Å². The molecule has 2 heteroatoms. The van der Waals surface area contributed by atoms with Gasteiger partial charge < -0.3 is 9.47 Å². The summed E-state index contributed by atoms with van der Waals surface area (Å²) in [5.41, 5.74) is 0. The maximum atomic E-state index is 6.15. The average molecular weight is 343 g/mol. The quantitative estimate of drug-likeness (QED) is 0.437. The molecule has 0 saturated heterocycles. The normalized spacial score (nSPS) is 25.9. The van der Waals surface area contributed by atoms with Crippen molar-refractivity contribution in [3.8, 4) is 5.75 Å². The van der Waals surface area contributed by atoms with Crippen LogP contribution in [0.15, 0.2) is 24.3 Å². The fourth-order valence-corrected chi connectivity index (χ4v) is 4.26. The number of benzene rings is 1. The summed E-state index contributed by atoms with van der Waals surface area (Å²) in [7, 11) is 0. The maximum absolute atomic E-state index is 6.15. The van der Waals surface area contributed by atoms with Crippen LogP contribution in [0.4, 0.5) is 0 Å². The second-order valence-corrected chi connectivity index (χ2v) is 7.78. The van der Waals surface area contributed by atoms with Crippen molar-refractivity contribution in [3.63, 3.8) is 0 Å². The Morgan fingerprint density at radius 2 is 1.76 bits per heavy atom. The molecule has 2 nitrogen and oxygen atoms in total. The molecule has 0 aromatic heterocycles. The highest BCUT2D eigenvalue weighted by Crippen LogP contribution is 2.29. The maximum Gasteiger partial charge on any atom is 0.119 e. The van der Waals surface area contributed by atoms with Crippen LogP contribution in [0.1, 0.15) is 77.0 Å². The number of hydrogen-bond acceptors (Lipinski definition) is 2. The van der Waals surface area contributed by atoms with Crippen molar-refractivity contribution in [1.29, 1.82) is 0 Å². The predicted octanol–water partition coefficient (Wildman–Crippen LogP) is 6.15. The summed E-state index contributed by atoms with van der Waals surface area (Å²) in [6.07, 6.45) is 18.6. The van der Waals surface area contributed by atoms with Gasteiger partial charge in [-0.1, -0.05) is 31.4 Å². The van der Waals surface area contributed by atoms with Gasteiger partial charge in [0.2, 0.25) is 0 Å². The van der Waals surface area contributed by atoms with Crippen LogP contribution in [0.2, 0.25) is 0 Å². The van der Waals surface area contributed by atoms with Gasteiger partial charge in [-0.2, -0.15) is 0 Å². The Kier molecular flexibility index (Phi) is 8.15. The number of ether oxygens (including phenoxy) is 2. The molecule has 0 aliphatic heterocycles. The first-order valence-electron chi connectivity index (χ1n) is 10.5. The van der Waals surface area contributed by atoms with Crippen molar-refractivity contribution in [2.45, 2.75) is 89.3 Å². The molecule has 2 saturated carbocycles. The van der Waals surface area contributed by atoms with Crippen molar-refractivity contribution in [1.82, 2.24) is 0 Å². The Balaban J connectivity index is 1.30. The molecule has 0 N–H and O–H groups in total.